The highest BCUT2D eigenvalue weighted by atomic mass is 16.8. The molecular formula is C63H102O30. The van der Waals surface area contributed by atoms with E-state index in [1.807, 2.05) is 6.92 Å². The number of aliphatic hydroxyl groups is 17. The highest BCUT2D eigenvalue weighted by Gasteiger charge is 2.72. The molecule has 0 aromatic heterocycles. The van der Waals surface area contributed by atoms with E-state index >= 15 is 4.79 Å². The molecule has 4 saturated carbocycles. The molecule has 10 fully saturated rings. The Morgan fingerprint density at radius 1 is 0.495 bits per heavy atom. The molecule has 0 bridgehead atoms. The van der Waals surface area contributed by atoms with E-state index in [2.05, 4.69) is 40.7 Å². The number of esters is 1. The lowest BCUT2D eigenvalue weighted by molar-refractivity contribution is -0.397. The van der Waals surface area contributed by atoms with Crippen molar-refractivity contribution in [3.05, 3.63) is 11.6 Å². The van der Waals surface area contributed by atoms with Gasteiger partial charge in [-0.05, 0) is 111 Å². The average molecular weight is 1340 g/mol. The van der Waals surface area contributed by atoms with E-state index < -0.39 is 250 Å². The van der Waals surface area contributed by atoms with Gasteiger partial charge in [-0.1, -0.05) is 53.2 Å². The van der Waals surface area contributed by atoms with Crippen molar-refractivity contribution in [1.29, 1.82) is 0 Å². The minimum Gasteiger partial charge on any atom is -0.432 e. The molecule has 6 aliphatic heterocycles. The molecule has 0 aromatic carbocycles. The normalized spacial score (nSPS) is 55.7. The minimum absolute atomic E-state index is 0.0837. The van der Waals surface area contributed by atoms with Crippen LogP contribution < -0.4 is 0 Å². The van der Waals surface area contributed by atoms with E-state index in [1.54, 1.807) is 0 Å². The Labute approximate surface area is 539 Å². The number of hydrogen-bond acceptors (Lipinski definition) is 30. The molecule has 6 saturated heterocycles. The van der Waals surface area contributed by atoms with Gasteiger partial charge in [0.15, 0.2) is 37.6 Å². The lowest BCUT2D eigenvalue weighted by atomic mass is 9.33. The highest BCUT2D eigenvalue weighted by molar-refractivity contribution is 5.79. The third-order valence-corrected chi connectivity index (χ3v) is 24.5. The second-order valence-electron chi connectivity index (χ2n) is 30.5. The predicted molar refractivity (Wildman–Crippen MR) is 310 cm³/mol. The summed E-state index contributed by atoms with van der Waals surface area (Å²) in [6.45, 7) is 13.0. The maximum atomic E-state index is 16.0. The molecule has 37 unspecified atom stereocenters. The minimum atomic E-state index is -2.08. The van der Waals surface area contributed by atoms with Crippen molar-refractivity contribution in [2.75, 3.05) is 33.0 Å². The number of ether oxygens (including phenoxy) is 12. The molecule has 6 heterocycles. The molecular weight excluding hydrogens is 1240 g/mol. The molecule has 37 atom stereocenters. The van der Waals surface area contributed by atoms with Gasteiger partial charge in [0.1, 0.15) is 110 Å². The van der Waals surface area contributed by atoms with E-state index in [9.17, 15) is 86.8 Å². The summed E-state index contributed by atoms with van der Waals surface area (Å²) in [5, 5.41) is 187. The first-order valence-corrected chi connectivity index (χ1v) is 33.0. The van der Waals surface area contributed by atoms with E-state index in [0.29, 0.717) is 51.4 Å². The molecule has 30 heteroatoms. The largest absolute Gasteiger partial charge is 0.432 e. The Hall–Kier alpha value is -1.91. The molecule has 30 nitrogen and oxygen atoms in total. The molecule has 534 valence electrons. The molecule has 17 N–H and O–H groups in total. The van der Waals surface area contributed by atoms with Crippen LogP contribution in [0.3, 0.4) is 0 Å². The van der Waals surface area contributed by atoms with E-state index in [-0.39, 0.29) is 23.7 Å². The zero-order valence-corrected chi connectivity index (χ0v) is 53.9. The fourth-order valence-corrected chi connectivity index (χ4v) is 18.7. The van der Waals surface area contributed by atoms with Gasteiger partial charge in [-0.15, -0.1) is 0 Å². The first kappa shape index (κ1) is 72.3. The van der Waals surface area contributed by atoms with Gasteiger partial charge >= 0.3 is 5.97 Å². The van der Waals surface area contributed by atoms with Gasteiger partial charge in [0, 0.05) is 5.41 Å². The van der Waals surface area contributed by atoms with Crippen molar-refractivity contribution in [3.8, 4) is 0 Å². The van der Waals surface area contributed by atoms with Gasteiger partial charge < -0.3 is 144 Å². The van der Waals surface area contributed by atoms with Crippen LogP contribution in [0.5, 0.6) is 0 Å². The average Bonchev–Trinajstić information content (AvgIpc) is 0.674. The molecule has 93 heavy (non-hydrogen) atoms. The number of carbonyl (C=O) groups is 1. The Morgan fingerprint density at radius 2 is 1.02 bits per heavy atom. The fraction of sp³-hybridized carbons (Fsp3) is 0.952. The predicted octanol–water partition coefficient (Wildman–Crippen LogP) is -4.47. The third-order valence-electron chi connectivity index (χ3n) is 24.5. The Kier molecular flexibility index (Phi) is 20.9. The number of hydrogen-bond donors (Lipinski definition) is 17. The van der Waals surface area contributed by atoms with Gasteiger partial charge in [0.25, 0.3) is 0 Å². The van der Waals surface area contributed by atoms with Crippen LogP contribution >= 0.6 is 0 Å². The second kappa shape index (κ2) is 26.9. The van der Waals surface area contributed by atoms with Gasteiger partial charge in [-0.2, -0.15) is 0 Å². The van der Waals surface area contributed by atoms with Crippen LogP contribution in [-0.4, -0.2) is 304 Å². The highest BCUT2D eigenvalue weighted by Crippen LogP contribution is 2.76. The van der Waals surface area contributed by atoms with Crippen molar-refractivity contribution in [2.24, 2.45) is 50.2 Å². The van der Waals surface area contributed by atoms with Crippen LogP contribution in [0.25, 0.3) is 0 Å². The molecule has 0 spiro atoms. The summed E-state index contributed by atoms with van der Waals surface area (Å²) < 4.78 is 73.4. The number of carbonyl (C=O) groups excluding carboxylic acids is 1. The second-order valence-corrected chi connectivity index (χ2v) is 30.5. The Balaban J connectivity index is 0.895. The van der Waals surface area contributed by atoms with E-state index in [4.69, 9.17) is 56.8 Å². The van der Waals surface area contributed by atoms with Gasteiger partial charge in [-0.25, -0.2) is 0 Å². The van der Waals surface area contributed by atoms with Gasteiger partial charge in [0.05, 0.1) is 62.9 Å². The van der Waals surface area contributed by atoms with Crippen LogP contribution in [0.4, 0.5) is 0 Å². The van der Waals surface area contributed by atoms with E-state index in [0.717, 1.165) is 5.57 Å². The van der Waals surface area contributed by atoms with Crippen LogP contribution in [-0.2, 0) is 61.6 Å². The van der Waals surface area contributed by atoms with Crippen LogP contribution in [0.2, 0.25) is 0 Å². The van der Waals surface area contributed by atoms with Crippen molar-refractivity contribution in [1.82, 2.24) is 0 Å². The summed E-state index contributed by atoms with van der Waals surface area (Å²) in [6, 6.07) is 0. The fourth-order valence-electron chi connectivity index (χ4n) is 18.7. The summed E-state index contributed by atoms with van der Waals surface area (Å²) in [7, 11) is 0. The van der Waals surface area contributed by atoms with Crippen molar-refractivity contribution in [3.63, 3.8) is 0 Å². The van der Waals surface area contributed by atoms with Gasteiger partial charge in [0.2, 0.25) is 6.29 Å². The monoisotopic (exact) mass is 1340 g/mol. The van der Waals surface area contributed by atoms with E-state index in [1.165, 1.54) is 13.8 Å². The first-order valence-electron chi connectivity index (χ1n) is 33.0. The SMILES string of the molecule is CC1OC(OC2C(O)C(OC3C(OC(=O)C45CCC(C)(C)CC4C4=CCC6C7(C)CC(O)C(OC8OC(CO)C(O)C(O)C8O)C(C)(CO)C7CCC6(C)C4(C)CC5)OCC(O)C3OC3OCC(O)C(O)C3O)OC(C)C2OC2OCC(O)C(O)C2O)C(O)C(O)C1O. The van der Waals surface area contributed by atoms with Crippen molar-refractivity contribution >= 4 is 5.97 Å². The molecule has 11 aliphatic rings. The zero-order valence-electron chi connectivity index (χ0n) is 53.9. The van der Waals surface area contributed by atoms with Crippen LogP contribution in [0.15, 0.2) is 11.6 Å². The van der Waals surface area contributed by atoms with Gasteiger partial charge in [-0.3, -0.25) is 4.79 Å². The van der Waals surface area contributed by atoms with Crippen LogP contribution in [0.1, 0.15) is 113 Å². The molecule has 0 radical (unpaired) electrons. The smallest absolute Gasteiger partial charge is 0.315 e. The third kappa shape index (κ3) is 12.3. The van der Waals surface area contributed by atoms with Crippen molar-refractivity contribution < 1.29 is 148 Å². The number of aliphatic hydroxyl groups excluding tert-OH is 17. The maximum absolute atomic E-state index is 16.0. The number of fused-ring (bicyclic) bond motifs is 7. The summed E-state index contributed by atoms with van der Waals surface area (Å²) in [4.78, 5) is 16.0. The summed E-state index contributed by atoms with van der Waals surface area (Å²) in [5.74, 6) is -1.43. The zero-order chi connectivity index (χ0) is 67.7. The first-order chi connectivity index (χ1) is 43.6. The summed E-state index contributed by atoms with van der Waals surface area (Å²) >= 11 is 0. The Bertz CT molecular complexity index is 2620. The summed E-state index contributed by atoms with van der Waals surface area (Å²) in [6.07, 6.45) is -41.3. The molecule has 11 rings (SSSR count). The lowest BCUT2D eigenvalue weighted by Gasteiger charge is -2.72. The topological polar surface area (TPSA) is 472 Å². The van der Waals surface area contributed by atoms with Crippen LogP contribution in [0, 0.1) is 50.2 Å². The molecule has 5 aliphatic carbocycles. The lowest BCUT2D eigenvalue weighted by Crippen LogP contribution is -2.69. The standard InChI is InChI=1S/C63H102O30/c1-24-35(70)39(74)43(78)53(85-24)90-48-45(80)55(86-25(2)46(48)88-51-41(76)36(71)29(67)20-82-51)91-49-47(89-52-42(77)37(72)30(68)21-83-52)31(69)22-84-56(49)93-57(81)63-15-13-58(3,4)17-27(63)26-9-10-34-59(5)18-28(66)50(92-54-44(79)40(75)38(73)32(19-64)87-54)60(6,23-65)33(59)11-12-62(34,8)61(26,7)14-16-63/h9,24-25,27-56,64-80H,10-23H2,1-8H3. The maximum Gasteiger partial charge on any atom is 0.315 e. The molecule has 0 aromatic rings. The van der Waals surface area contributed by atoms with Crippen molar-refractivity contribution in [2.45, 2.75) is 291 Å². The summed E-state index contributed by atoms with van der Waals surface area (Å²) in [5.41, 5.74) is -3.15. The number of allylic oxidation sites excluding steroid dienone is 2. The quantitative estimate of drug-likeness (QED) is 0.0443. The Morgan fingerprint density at radius 3 is 1.65 bits per heavy atom. The molecule has 0 amide bonds. The number of rotatable bonds is 14.